The Bertz CT molecular complexity index is 790. The quantitative estimate of drug-likeness (QED) is 0.604. The zero-order valence-corrected chi connectivity index (χ0v) is 13.1. The monoisotopic (exact) mass is 353 g/mol. The van der Waals surface area contributed by atoms with E-state index in [1.807, 2.05) is 0 Å². The Labute approximate surface area is 141 Å². The molecule has 1 spiro atoms. The molecule has 3 heterocycles. The highest BCUT2D eigenvalue weighted by atomic mass is 19.4. The summed E-state index contributed by atoms with van der Waals surface area (Å²) < 4.78 is 49.4. The minimum absolute atomic E-state index is 0.0678. The maximum absolute atomic E-state index is 12.9. The molecule has 25 heavy (non-hydrogen) atoms. The number of hydrogen-bond donors (Lipinski definition) is 0. The molecule has 1 amide bonds. The summed E-state index contributed by atoms with van der Waals surface area (Å²) in [6, 6.07) is 4.57. The van der Waals surface area contributed by atoms with E-state index in [0.29, 0.717) is 0 Å². The number of amides is 1. The summed E-state index contributed by atoms with van der Waals surface area (Å²) >= 11 is 0. The lowest BCUT2D eigenvalue weighted by Gasteiger charge is -2.22. The first kappa shape index (κ1) is 16.1. The van der Waals surface area contributed by atoms with Crippen molar-refractivity contribution in [3.63, 3.8) is 0 Å². The number of hydrogen-bond acceptors (Lipinski definition) is 4. The Morgan fingerprint density at radius 2 is 2.16 bits per heavy atom. The van der Waals surface area contributed by atoms with Crippen molar-refractivity contribution in [2.45, 2.75) is 17.9 Å². The van der Waals surface area contributed by atoms with Gasteiger partial charge in [-0.3, -0.25) is 9.59 Å². The van der Waals surface area contributed by atoms with E-state index in [1.54, 1.807) is 12.2 Å². The molecule has 132 valence electrons. The second kappa shape index (κ2) is 5.08. The molecule has 3 aliphatic rings. The normalized spacial score (nSPS) is 33.0. The Morgan fingerprint density at radius 1 is 1.40 bits per heavy atom. The molecule has 1 aromatic carbocycles. The van der Waals surface area contributed by atoms with Gasteiger partial charge in [0.05, 0.1) is 31.2 Å². The summed E-state index contributed by atoms with van der Waals surface area (Å²) in [7, 11) is 1.23. The smallest absolute Gasteiger partial charge is 0.416 e. The minimum Gasteiger partial charge on any atom is -0.469 e. The van der Waals surface area contributed by atoms with Crippen LogP contribution in [-0.4, -0.2) is 37.2 Å². The Morgan fingerprint density at radius 3 is 2.84 bits per heavy atom. The number of carbonyl (C=O) groups excluding carboxylic acids is 2. The molecule has 1 aromatic rings. The average molecular weight is 353 g/mol. The van der Waals surface area contributed by atoms with Crippen molar-refractivity contribution in [2.75, 3.05) is 18.6 Å². The summed E-state index contributed by atoms with van der Waals surface area (Å²) in [4.78, 5) is 26.2. The van der Waals surface area contributed by atoms with Gasteiger partial charge in [0.25, 0.3) is 0 Å². The van der Waals surface area contributed by atoms with Crippen molar-refractivity contribution in [2.24, 2.45) is 11.8 Å². The van der Waals surface area contributed by atoms with Gasteiger partial charge in [0.1, 0.15) is 11.5 Å². The lowest BCUT2D eigenvalue weighted by molar-refractivity contribution is -0.149. The molecule has 4 rings (SSSR count). The average Bonchev–Trinajstić information content (AvgIpc) is 3.22. The standard InChI is InChI=1S/C17H14F3NO4/c1-24-15(23)12-11-5-6-16(25-11)8-21(14(22)13(12)16)10-4-2-3-9(7-10)17(18,19)20/h2-7,11-13H,8H2,1H3/t11-,12+,13+,16-/m0/s1. The number of halogens is 3. The van der Waals surface area contributed by atoms with Crippen molar-refractivity contribution < 1.29 is 32.2 Å². The molecule has 3 aliphatic heterocycles. The van der Waals surface area contributed by atoms with Crippen LogP contribution in [0.1, 0.15) is 5.56 Å². The van der Waals surface area contributed by atoms with Crippen LogP contribution < -0.4 is 4.90 Å². The van der Waals surface area contributed by atoms with Gasteiger partial charge < -0.3 is 14.4 Å². The van der Waals surface area contributed by atoms with Gasteiger partial charge in [-0.15, -0.1) is 0 Å². The molecular weight excluding hydrogens is 339 g/mol. The molecule has 0 aliphatic carbocycles. The second-order valence-corrected chi connectivity index (χ2v) is 6.40. The topological polar surface area (TPSA) is 55.8 Å². The van der Waals surface area contributed by atoms with Crippen molar-refractivity contribution in [1.29, 1.82) is 0 Å². The largest absolute Gasteiger partial charge is 0.469 e. The van der Waals surface area contributed by atoms with E-state index in [4.69, 9.17) is 9.47 Å². The molecule has 8 heteroatoms. The fourth-order valence-electron chi connectivity index (χ4n) is 3.97. The number of alkyl halides is 3. The van der Waals surface area contributed by atoms with Crippen molar-refractivity contribution in [1.82, 2.24) is 0 Å². The van der Waals surface area contributed by atoms with Gasteiger partial charge in [0.15, 0.2) is 0 Å². The zero-order valence-electron chi connectivity index (χ0n) is 13.1. The number of ether oxygens (including phenoxy) is 2. The molecular formula is C17H14F3NO4. The number of methoxy groups -OCH3 is 1. The number of fused-ring (bicyclic) bond motifs is 1. The van der Waals surface area contributed by atoms with Gasteiger partial charge in [-0.05, 0) is 18.2 Å². The third-order valence-corrected chi connectivity index (χ3v) is 5.06. The van der Waals surface area contributed by atoms with Crippen LogP contribution in [-0.2, 0) is 25.2 Å². The number of rotatable bonds is 2. The minimum atomic E-state index is -4.50. The summed E-state index contributed by atoms with van der Waals surface area (Å²) in [6.45, 7) is 0.0678. The summed E-state index contributed by atoms with van der Waals surface area (Å²) in [5.41, 5.74) is -1.69. The van der Waals surface area contributed by atoms with Gasteiger partial charge in [-0.1, -0.05) is 18.2 Å². The van der Waals surface area contributed by atoms with Crippen LogP contribution in [0.15, 0.2) is 36.4 Å². The highest BCUT2D eigenvalue weighted by Crippen LogP contribution is 2.53. The van der Waals surface area contributed by atoms with Gasteiger partial charge in [-0.2, -0.15) is 13.2 Å². The zero-order chi connectivity index (χ0) is 18.0. The molecule has 2 bridgehead atoms. The molecule has 0 N–H and O–H groups in total. The molecule has 5 nitrogen and oxygen atoms in total. The molecule has 2 fully saturated rings. The molecule has 0 aromatic heterocycles. The number of benzene rings is 1. The highest BCUT2D eigenvalue weighted by molar-refractivity contribution is 6.02. The maximum Gasteiger partial charge on any atom is 0.416 e. The predicted octanol–water partition coefficient (Wildman–Crippen LogP) is 2.16. The van der Waals surface area contributed by atoms with Crippen LogP contribution in [0, 0.1) is 11.8 Å². The first-order valence-corrected chi connectivity index (χ1v) is 7.70. The van der Waals surface area contributed by atoms with Crippen molar-refractivity contribution in [3.8, 4) is 0 Å². The van der Waals surface area contributed by atoms with Gasteiger partial charge >= 0.3 is 12.1 Å². The molecule has 0 radical (unpaired) electrons. The van der Waals surface area contributed by atoms with Crippen LogP contribution in [0.25, 0.3) is 0 Å². The van der Waals surface area contributed by atoms with Crippen molar-refractivity contribution in [3.05, 3.63) is 42.0 Å². The summed E-state index contributed by atoms with van der Waals surface area (Å²) in [5.74, 6) is -2.55. The Kier molecular flexibility index (Phi) is 3.28. The maximum atomic E-state index is 12.9. The summed E-state index contributed by atoms with van der Waals surface area (Å²) in [6.07, 6.45) is -1.60. The third kappa shape index (κ3) is 2.20. The van der Waals surface area contributed by atoms with Crippen LogP contribution in [0.5, 0.6) is 0 Å². The van der Waals surface area contributed by atoms with E-state index in [2.05, 4.69) is 0 Å². The van der Waals surface area contributed by atoms with Crippen LogP contribution in [0.2, 0.25) is 0 Å². The molecule has 4 atom stereocenters. The first-order chi connectivity index (χ1) is 11.8. The third-order valence-electron chi connectivity index (χ3n) is 5.06. The fourth-order valence-corrected chi connectivity index (χ4v) is 3.97. The lowest BCUT2D eigenvalue weighted by Crippen LogP contribution is -2.39. The number of nitrogens with zero attached hydrogens (tertiary/aromatic N) is 1. The van der Waals surface area contributed by atoms with Gasteiger partial charge in [-0.25, -0.2) is 0 Å². The second-order valence-electron chi connectivity index (χ2n) is 6.40. The highest BCUT2D eigenvalue weighted by Gasteiger charge is 2.67. The van der Waals surface area contributed by atoms with Crippen LogP contribution >= 0.6 is 0 Å². The Hall–Kier alpha value is -2.35. The van der Waals surface area contributed by atoms with Crippen LogP contribution in [0.4, 0.5) is 18.9 Å². The molecule has 2 saturated heterocycles. The van der Waals surface area contributed by atoms with E-state index < -0.39 is 47.2 Å². The lowest BCUT2D eigenvalue weighted by atomic mass is 9.77. The predicted molar refractivity (Wildman–Crippen MR) is 79.5 cm³/mol. The van der Waals surface area contributed by atoms with E-state index >= 15 is 0 Å². The fraction of sp³-hybridized carbons (Fsp3) is 0.412. The summed E-state index contributed by atoms with van der Waals surface area (Å²) in [5, 5.41) is 0. The van der Waals surface area contributed by atoms with E-state index in [1.165, 1.54) is 24.1 Å². The van der Waals surface area contributed by atoms with Gasteiger partial charge in [0, 0.05) is 5.69 Å². The number of carbonyl (C=O) groups is 2. The first-order valence-electron chi connectivity index (χ1n) is 7.70. The van der Waals surface area contributed by atoms with E-state index in [0.717, 1.165) is 12.1 Å². The van der Waals surface area contributed by atoms with Crippen LogP contribution in [0.3, 0.4) is 0 Å². The number of anilines is 1. The van der Waals surface area contributed by atoms with E-state index in [9.17, 15) is 22.8 Å². The van der Waals surface area contributed by atoms with Crippen molar-refractivity contribution >= 4 is 17.6 Å². The molecule has 0 unspecified atom stereocenters. The molecule has 0 saturated carbocycles. The van der Waals surface area contributed by atoms with Gasteiger partial charge in [0.2, 0.25) is 5.91 Å². The number of esters is 1. The SMILES string of the molecule is COC(=O)[C@@H]1[C@@H]2C=C[C@@]3(CN(c4cccc(C(F)(F)F)c4)C(=O)[C@@H]13)O2. The Balaban J connectivity index is 1.71. The van der Waals surface area contributed by atoms with E-state index in [-0.39, 0.29) is 12.2 Å².